The highest BCUT2D eigenvalue weighted by Crippen LogP contribution is 2.06. The molecule has 0 aromatic carbocycles. The van der Waals surface area contributed by atoms with Gasteiger partial charge in [-0.3, -0.25) is 14.7 Å². The Morgan fingerprint density at radius 3 is 2.48 bits per heavy atom. The van der Waals surface area contributed by atoms with Crippen LogP contribution >= 0.6 is 24.0 Å². The van der Waals surface area contributed by atoms with E-state index in [1.807, 2.05) is 39.6 Å². The Labute approximate surface area is 170 Å². The number of aliphatic imine (C=N–C) groups is 1. The van der Waals surface area contributed by atoms with Crippen LogP contribution in [0.2, 0.25) is 0 Å². The molecular weight excluding hydrogens is 431 g/mol. The number of guanidine groups is 1. The van der Waals surface area contributed by atoms with Gasteiger partial charge in [0.1, 0.15) is 0 Å². The third kappa shape index (κ3) is 9.60. The van der Waals surface area contributed by atoms with Crippen molar-refractivity contribution >= 4 is 35.8 Å². The maximum absolute atomic E-state index is 12.1. The quantitative estimate of drug-likeness (QED) is 0.353. The van der Waals surface area contributed by atoms with E-state index in [0.717, 1.165) is 38.7 Å². The van der Waals surface area contributed by atoms with Crippen LogP contribution < -0.4 is 10.6 Å². The van der Waals surface area contributed by atoms with E-state index in [1.165, 1.54) is 0 Å². The van der Waals surface area contributed by atoms with Gasteiger partial charge in [-0.15, -0.1) is 24.0 Å². The number of likely N-dealkylation sites (N-methyl/N-ethyl adjacent to an activating group) is 3. The second-order valence-corrected chi connectivity index (χ2v) is 7.75. The molecule has 1 fully saturated rings. The second-order valence-electron chi connectivity index (χ2n) is 7.75. The molecule has 1 heterocycles. The molecule has 0 aromatic heterocycles. The van der Waals surface area contributed by atoms with Gasteiger partial charge < -0.3 is 20.4 Å². The van der Waals surface area contributed by atoms with Gasteiger partial charge in [0.25, 0.3) is 0 Å². The molecule has 0 radical (unpaired) electrons. The van der Waals surface area contributed by atoms with E-state index in [9.17, 15) is 4.79 Å². The van der Waals surface area contributed by atoms with Gasteiger partial charge in [0.05, 0.1) is 13.1 Å². The lowest BCUT2D eigenvalue weighted by Gasteiger charge is -2.37. The second kappa shape index (κ2) is 11.2. The minimum atomic E-state index is -0.219. The normalized spacial score (nSPS) is 20.0. The Morgan fingerprint density at radius 2 is 1.92 bits per heavy atom. The van der Waals surface area contributed by atoms with Crippen molar-refractivity contribution in [2.75, 3.05) is 60.4 Å². The van der Waals surface area contributed by atoms with Gasteiger partial charge in [-0.2, -0.15) is 0 Å². The summed E-state index contributed by atoms with van der Waals surface area (Å²) >= 11 is 0. The summed E-state index contributed by atoms with van der Waals surface area (Å²) in [6.07, 6.45) is 0. The Bertz CT molecular complexity index is 437. The average molecular weight is 468 g/mol. The van der Waals surface area contributed by atoms with E-state index in [-0.39, 0.29) is 35.4 Å². The molecule has 1 unspecified atom stereocenters. The fraction of sp³-hybridized carbons (Fsp3) is 0.882. The monoisotopic (exact) mass is 468 g/mol. The molecule has 1 rings (SSSR count). The van der Waals surface area contributed by atoms with E-state index in [0.29, 0.717) is 12.6 Å². The number of carbonyl (C=O) groups excluding carboxylic acids is 1. The van der Waals surface area contributed by atoms with E-state index >= 15 is 0 Å². The average Bonchev–Trinajstić information content (AvgIpc) is 2.44. The molecule has 1 saturated heterocycles. The van der Waals surface area contributed by atoms with E-state index in [4.69, 9.17) is 4.99 Å². The summed E-state index contributed by atoms with van der Waals surface area (Å²) in [6, 6.07) is 0.411. The van der Waals surface area contributed by atoms with E-state index in [2.05, 4.69) is 34.5 Å². The number of hydrogen-bond acceptors (Lipinski definition) is 4. The predicted molar refractivity (Wildman–Crippen MR) is 116 cm³/mol. The zero-order valence-corrected chi connectivity index (χ0v) is 19.3. The van der Waals surface area contributed by atoms with Crippen molar-refractivity contribution in [2.45, 2.75) is 39.3 Å². The van der Waals surface area contributed by atoms with Crippen LogP contribution in [0.1, 0.15) is 27.7 Å². The van der Waals surface area contributed by atoms with Crippen LogP contribution in [-0.2, 0) is 4.79 Å². The molecule has 1 aliphatic heterocycles. The van der Waals surface area contributed by atoms with Crippen molar-refractivity contribution in [2.24, 2.45) is 4.99 Å². The molecule has 25 heavy (non-hydrogen) atoms. The molecule has 148 valence electrons. The van der Waals surface area contributed by atoms with E-state index in [1.54, 1.807) is 0 Å². The summed E-state index contributed by atoms with van der Waals surface area (Å²) in [6.45, 7) is 13.0. The number of rotatable bonds is 5. The molecule has 1 amide bonds. The van der Waals surface area contributed by atoms with Gasteiger partial charge in [0, 0.05) is 44.8 Å². The first-order valence-corrected chi connectivity index (χ1v) is 8.81. The summed E-state index contributed by atoms with van der Waals surface area (Å²) in [7, 11) is 6.21. The third-order valence-electron chi connectivity index (χ3n) is 4.02. The van der Waals surface area contributed by atoms with Crippen LogP contribution in [0.5, 0.6) is 0 Å². The summed E-state index contributed by atoms with van der Waals surface area (Å²) in [5.74, 6) is 0.785. The Kier molecular flexibility index (Phi) is 10.9. The Hall–Kier alpha value is -0.610. The lowest BCUT2D eigenvalue weighted by molar-refractivity contribution is -0.122. The zero-order valence-electron chi connectivity index (χ0n) is 16.9. The number of carbonyl (C=O) groups is 1. The van der Waals surface area contributed by atoms with Crippen LogP contribution in [0.3, 0.4) is 0 Å². The molecule has 0 saturated carbocycles. The Balaban J connectivity index is 0.00000576. The van der Waals surface area contributed by atoms with E-state index < -0.39 is 0 Å². The maximum atomic E-state index is 12.1. The summed E-state index contributed by atoms with van der Waals surface area (Å²) < 4.78 is 0. The van der Waals surface area contributed by atoms with Gasteiger partial charge in [-0.1, -0.05) is 0 Å². The molecule has 1 atom stereocenters. The highest BCUT2D eigenvalue weighted by Gasteiger charge is 2.22. The lowest BCUT2D eigenvalue weighted by atomic mass is 10.1. The van der Waals surface area contributed by atoms with Crippen molar-refractivity contribution in [3.63, 3.8) is 0 Å². The van der Waals surface area contributed by atoms with Gasteiger partial charge >= 0.3 is 0 Å². The van der Waals surface area contributed by atoms with Crippen LogP contribution in [0.15, 0.2) is 4.99 Å². The number of amides is 1. The summed E-state index contributed by atoms with van der Waals surface area (Å²) in [5, 5.41) is 6.27. The van der Waals surface area contributed by atoms with Gasteiger partial charge in [0.2, 0.25) is 5.91 Å². The molecule has 0 aromatic rings. The first-order chi connectivity index (χ1) is 11.1. The lowest BCUT2D eigenvalue weighted by Crippen LogP contribution is -2.52. The number of halogens is 1. The molecule has 1 aliphatic rings. The predicted octanol–water partition coefficient (Wildman–Crippen LogP) is 0.662. The van der Waals surface area contributed by atoms with Crippen molar-refractivity contribution in [1.29, 1.82) is 0 Å². The van der Waals surface area contributed by atoms with Crippen molar-refractivity contribution in [3.8, 4) is 0 Å². The van der Waals surface area contributed by atoms with Crippen molar-refractivity contribution in [1.82, 2.24) is 25.3 Å². The first kappa shape index (κ1) is 24.4. The topological polar surface area (TPSA) is 63.2 Å². The van der Waals surface area contributed by atoms with Crippen molar-refractivity contribution < 1.29 is 4.79 Å². The minimum absolute atomic E-state index is 0. The van der Waals surface area contributed by atoms with Crippen LogP contribution in [-0.4, -0.2) is 98.6 Å². The largest absolute Gasteiger partial charge is 0.357 e. The van der Waals surface area contributed by atoms with Crippen LogP contribution in [0.4, 0.5) is 0 Å². The molecule has 2 N–H and O–H groups in total. The molecule has 0 aliphatic carbocycles. The van der Waals surface area contributed by atoms with Gasteiger partial charge in [-0.05, 0) is 41.8 Å². The molecule has 0 bridgehead atoms. The highest BCUT2D eigenvalue weighted by molar-refractivity contribution is 14.0. The smallest absolute Gasteiger partial charge is 0.240 e. The van der Waals surface area contributed by atoms with Gasteiger partial charge in [-0.25, -0.2) is 0 Å². The van der Waals surface area contributed by atoms with Crippen molar-refractivity contribution in [3.05, 3.63) is 0 Å². The Morgan fingerprint density at radius 1 is 1.28 bits per heavy atom. The summed E-state index contributed by atoms with van der Waals surface area (Å²) in [4.78, 5) is 23.5. The molecule has 8 heteroatoms. The van der Waals surface area contributed by atoms with Crippen LogP contribution in [0, 0.1) is 0 Å². The van der Waals surface area contributed by atoms with Gasteiger partial charge in [0.15, 0.2) is 5.96 Å². The third-order valence-corrected chi connectivity index (χ3v) is 4.02. The zero-order chi connectivity index (χ0) is 18.3. The number of nitrogens with zero attached hydrogens (tertiary/aromatic N) is 4. The molecule has 0 spiro atoms. The molecule has 7 nitrogen and oxygen atoms in total. The highest BCUT2D eigenvalue weighted by atomic mass is 127. The number of nitrogens with one attached hydrogen (secondary N) is 2. The van der Waals surface area contributed by atoms with Crippen LogP contribution in [0.25, 0.3) is 0 Å². The first-order valence-electron chi connectivity index (χ1n) is 8.81. The fourth-order valence-corrected chi connectivity index (χ4v) is 2.71. The summed E-state index contributed by atoms with van der Waals surface area (Å²) in [5.41, 5.74) is -0.219. The minimum Gasteiger partial charge on any atom is -0.357 e. The molecular formula is C17H37IN6O. The SMILES string of the molecule is CCNC(=NCC1CN(C)CCN1C)N(C)CC(=O)NC(C)(C)C.I. The standard InChI is InChI=1S/C17H36N6O.HI/c1-8-18-16(23(7)13-15(24)20-17(2,3)4)19-11-14-12-21(5)9-10-22(14)6;/h14H,8-13H2,1-7H3,(H,18,19)(H,20,24);1H. The maximum Gasteiger partial charge on any atom is 0.240 e. The number of piperazine rings is 1. The number of hydrogen-bond donors (Lipinski definition) is 2. The fourth-order valence-electron chi connectivity index (χ4n) is 2.71.